The lowest BCUT2D eigenvalue weighted by molar-refractivity contribution is -0.125. The van der Waals surface area contributed by atoms with Crippen molar-refractivity contribution in [3.05, 3.63) is 76.9 Å². The summed E-state index contributed by atoms with van der Waals surface area (Å²) in [5, 5.41) is 3.57. The number of pyridine rings is 1. The minimum Gasteiger partial charge on any atom is -0.300 e. The fourth-order valence-electron chi connectivity index (χ4n) is 6.17. The fourth-order valence-corrected chi connectivity index (χ4v) is 7.08. The second-order valence-corrected chi connectivity index (χ2v) is 11.7. The Morgan fingerprint density at radius 2 is 1.92 bits per heavy atom. The summed E-state index contributed by atoms with van der Waals surface area (Å²) in [6.07, 6.45) is 16.9. The quantitative estimate of drug-likeness (QED) is 0.221. The zero-order chi connectivity index (χ0) is 24.6. The van der Waals surface area contributed by atoms with Crippen LogP contribution in [0.2, 0.25) is 0 Å². The number of nitrogens with zero attached hydrogens (tertiary/aromatic N) is 2. The van der Waals surface area contributed by atoms with Crippen molar-refractivity contribution < 1.29 is 4.79 Å². The van der Waals surface area contributed by atoms with Crippen LogP contribution in [0.15, 0.2) is 65.7 Å². The molecule has 3 nitrogen and oxygen atoms in total. The van der Waals surface area contributed by atoms with Gasteiger partial charge in [-0.2, -0.15) is 0 Å². The molecule has 4 heteroatoms. The number of thiophene rings is 1. The Labute approximate surface area is 220 Å². The molecule has 1 unspecified atom stereocenters. The van der Waals surface area contributed by atoms with Crippen LogP contribution in [0, 0.1) is 5.92 Å². The number of hydrogen-bond acceptors (Lipinski definition) is 4. The summed E-state index contributed by atoms with van der Waals surface area (Å²) >= 11 is 1.86. The standard InChI is InChI=1S/C32H40N2OS/c35-31(26-11-3-1-2-4-12-26)29(30-16-5-6-19-33-30)15-9-21-34-20-8-10-25(17-22-34)24-28-14-7-13-27-18-23-36-32(27)28/h5-7,13-14,16-19,23,26,29H,1-4,8-12,15,20-22,24H2. The van der Waals surface area contributed by atoms with Crippen molar-refractivity contribution in [2.75, 3.05) is 19.6 Å². The Bertz CT molecular complexity index is 1140. The predicted octanol–water partition coefficient (Wildman–Crippen LogP) is 7.96. The van der Waals surface area contributed by atoms with Crippen LogP contribution in [0.3, 0.4) is 0 Å². The summed E-state index contributed by atoms with van der Waals surface area (Å²) in [6.45, 7) is 3.24. The van der Waals surface area contributed by atoms with E-state index in [1.165, 1.54) is 54.2 Å². The summed E-state index contributed by atoms with van der Waals surface area (Å²) in [5.74, 6) is 0.644. The minimum atomic E-state index is -0.0429. The second-order valence-electron chi connectivity index (χ2n) is 10.7. The molecule has 0 saturated heterocycles. The molecule has 0 amide bonds. The molecule has 0 N–H and O–H groups in total. The Morgan fingerprint density at radius 1 is 1.03 bits per heavy atom. The number of carbonyl (C=O) groups is 1. The van der Waals surface area contributed by atoms with E-state index in [-0.39, 0.29) is 11.8 Å². The van der Waals surface area contributed by atoms with Gasteiger partial charge in [0, 0.05) is 23.4 Å². The van der Waals surface area contributed by atoms with Crippen LogP contribution in [0.5, 0.6) is 0 Å². The number of hydrogen-bond donors (Lipinski definition) is 0. The average molecular weight is 501 g/mol. The van der Waals surface area contributed by atoms with E-state index in [0.29, 0.717) is 5.78 Å². The van der Waals surface area contributed by atoms with E-state index in [0.717, 1.165) is 57.4 Å². The zero-order valence-electron chi connectivity index (χ0n) is 21.5. The van der Waals surface area contributed by atoms with Gasteiger partial charge in [-0.05, 0) is 92.6 Å². The number of aromatic nitrogens is 1. The number of Topliss-reactive ketones (excluding diaryl/α,β-unsaturated/α-hetero) is 1. The van der Waals surface area contributed by atoms with Gasteiger partial charge in [0.25, 0.3) is 0 Å². The first kappa shape index (κ1) is 25.4. The van der Waals surface area contributed by atoms with Gasteiger partial charge >= 0.3 is 0 Å². The van der Waals surface area contributed by atoms with Crippen LogP contribution in [0.4, 0.5) is 0 Å². The molecule has 0 spiro atoms. The number of fused-ring (bicyclic) bond motifs is 1. The van der Waals surface area contributed by atoms with Gasteiger partial charge in [-0.1, -0.05) is 61.6 Å². The Hall–Kier alpha value is -2.30. The topological polar surface area (TPSA) is 33.2 Å². The number of benzene rings is 1. The van der Waals surface area contributed by atoms with Crippen molar-refractivity contribution in [2.45, 2.75) is 76.5 Å². The predicted molar refractivity (Wildman–Crippen MR) is 152 cm³/mol. The fraction of sp³-hybridized carbons (Fsp3) is 0.500. The molecular weight excluding hydrogens is 460 g/mol. The summed E-state index contributed by atoms with van der Waals surface area (Å²) in [5.41, 5.74) is 4.03. The third kappa shape index (κ3) is 6.52. The van der Waals surface area contributed by atoms with Crippen molar-refractivity contribution in [2.24, 2.45) is 5.92 Å². The molecule has 2 aromatic heterocycles. The van der Waals surface area contributed by atoms with Crippen molar-refractivity contribution >= 4 is 27.2 Å². The molecule has 1 aromatic carbocycles. The van der Waals surface area contributed by atoms with Crippen LogP contribution >= 0.6 is 11.3 Å². The minimum absolute atomic E-state index is 0.0429. The van der Waals surface area contributed by atoms with Crippen molar-refractivity contribution in [1.29, 1.82) is 0 Å². The number of allylic oxidation sites excluding steroid dienone is 1. The van der Waals surface area contributed by atoms with Crippen LogP contribution in [0.25, 0.3) is 10.1 Å². The summed E-state index contributed by atoms with van der Waals surface area (Å²) < 4.78 is 1.44. The molecular formula is C32H40N2OS. The summed E-state index contributed by atoms with van der Waals surface area (Å²) in [4.78, 5) is 20.8. The van der Waals surface area contributed by atoms with E-state index in [1.54, 1.807) is 5.57 Å². The van der Waals surface area contributed by atoms with E-state index in [1.807, 2.05) is 29.7 Å². The number of ketones is 1. The lowest BCUT2D eigenvalue weighted by Crippen LogP contribution is -2.27. The van der Waals surface area contributed by atoms with Gasteiger partial charge in [0.15, 0.2) is 0 Å². The lowest BCUT2D eigenvalue weighted by Gasteiger charge is -2.23. The highest BCUT2D eigenvalue weighted by atomic mass is 32.1. The molecule has 1 aliphatic heterocycles. The molecule has 0 radical (unpaired) electrons. The maximum absolute atomic E-state index is 13.6. The van der Waals surface area contributed by atoms with Gasteiger partial charge in [-0.3, -0.25) is 14.7 Å². The third-order valence-corrected chi connectivity index (χ3v) is 9.21. The third-order valence-electron chi connectivity index (χ3n) is 8.20. The van der Waals surface area contributed by atoms with Gasteiger partial charge in [0.2, 0.25) is 0 Å². The molecule has 3 heterocycles. The van der Waals surface area contributed by atoms with Crippen LogP contribution in [-0.4, -0.2) is 35.3 Å². The summed E-state index contributed by atoms with van der Waals surface area (Å²) in [6, 6.07) is 15.0. The first-order valence-electron chi connectivity index (χ1n) is 14.1. The monoisotopic (exact) mass is 500 g/mol. The average Bonchev–Trinajstić information content (AvgIpc) is 3.09. The van der Waals surface area contributed by atoms with Crippen LogP contribution in [0.1, 0.15) is 81.4 Å². The van der Waals surface area contributed by atoms with Gasteiger partial charge < -0.3 is 0 Å². The van der Waals surface area contributed by atoms with Gasteiger partial charge in [0.1, 0.15) is 5.78 Å². The first-order chi connectivity index (χ1) is 17.8. The van der Waals surface area contributed by atoms with Gasteiger partial charge in [0.05, 0.1) is 11.6 Å². The Balaban J connectivity index is 1.18. The number of rotatable bonds is 9. The Morgan fingerprint density at radius 3 is 2.75 bits per heavy atom. The molecule has 1 atom stereocenters. The van der Waals surface area contributed by atoms with Crippen molar-refractivity contribution in [1.82, 2.24) is 9.88 Å². The molecule has 1 fully saturated rings. The highest BCUT2D eigenvalue weighted by molar-refractivity contribution is 7.17. The van der Waals surface area contributed by atoms with E-state index < -0.39 is 0 Å². The van der Waals surface area contributed by atoms with Crippen LogP contribution < -0.4 is 0 Å². The normalized spacial score (nSPS) is 18.9. The van der Waals surface area contributed by atoms with Crippen molar-refractivity contribution in [3.63, 3.8) is 0 Å². The SMILES string of the molecule is O=C(C1CCCCCC1)C(CCCN1CC=C(Cc2cccc3ccsc23)CCC1)c1ccccn1. The number of carbonyl (C=O) groups excluding carboxylic acids is 1. The molecule has 3 aromatic rings. The van der Waals surface area contributed by atoms with E-state index >= 15 is 0 Å². The van der Waals surface area contributed by atoms with E-state index in [9.17, 15) is 4.79 Å². The highest BCUT2D eigenvalue weighted by Gasteiger charge is 2.29. The maximum Gasteiger partial charge on any atom is 0.144 e. The first-order valence-corrected chi connectivity index (χ1v) is 15.0. The molecule has 5 rings (SSSR count). The van der Waals surface area contributed by atoms with E-state index in [2.05, 4.69) is 51.7 Å². The van der Waals surface area contributed by atoms with Gasteiger partial charge in [-0.25, -0.2) is 0 Å². The summed E-state index contributed by atoms with van der Waals surface area (Å²) in [7, 11) is 0. The smallest absolute Gasteiger partial charge is 0.144 e. The molecule has 1 saturated carbocycles. The second kappa shape index (κ2) is 12.8. The molecule has 2 aliphatic rings. The zero-order valence-corrected chi connectivity index (χ0v) is 22.4. The molecule has 0 bridgehead atoms. The molecule has 36 heavy (non-hydrogen) atoms. The maximum atomic E-state index is 13.6. The molecule has 190 valence electrons. The highest BCUT2D eigenvalue weighted by Crippen LogP contribution is 2.32. The van der Waals surface area contributed by atoms with Gasteiger partial charge in [-0.15, -0.1) is 11.3 Å². The van der Waals surface area contributed by atoms with Crippen LogP contribution in [-0.2, 0) is 11.2 Å². The molecule has 1 aliphatic carbocycles. The van der Waals surface area contributed by atoms with E-state index in [4.69, 9.17) is 0 Å². The van der Waals surface area contributed by atoms with Crippen molar-refractivity contribution in [3.8, 4) is 0 Å². The largest absolute Gasteiger partial charge is 0.300 e. The Kier molecular flexibility index (Phi) is 9.00. The lowest BCUT2D eigenvalue weighted by atomic mass is 9.83.